The van der Waals surface area contributed by atoms with Crippen molar-refractivity contribution in [1.29, 1.82) is 0 Å². The molecule has 5 aromatic rings. The first-order chi connectivity index (χ1) is 20.4. The fraction of sp³-hybridized carbons (Fsp3) is 0.207. The molecular weight excluding hydrogens is 560 g/mol. The van der Waals surface area contributed by atoms with Gasteiger partial charge >= 0.3 is 5.97 Å². The number of amides is 1. The standard InChI is InChI=1S/C29H25ClN8O4/c30-19-6-10-24(37-16-32-35-36-37)22(14-19)18-12-21-9-11-25(38(21)27(40)13-18)29-31-15-23(34-29)17-4-7-20(8-5-17)33-26(39)2-1-3-28(41)42/h4-8,10,12-16,25H,1-3,9,11H2,(H,31,34)(H,33,39)(H,41,42)/t25-/m0/s1. The molecule has 1 aliphatic rings. The molecule has 0 spiro atoms. The molecule has 42 heavy (non-hydrogen) atoms. The van der Waals surface area contributed by atoms with Gasteiger partial charge in [-0.3, -0.25) is 14.4 Å². The van der Waals surface area contributed by atoms with Crippen LogP contribution in [0.1, 0.15) is 43.2 Å². The number of carboxylic acids is 1. The molecule has 1 atom stereocenters. The molecule has 0 saturated heterocycles. The minimum absolute atomic E-state index is 0.0436. The average molecular weight is 585 g/mol. The molecule has 0 bridgehead atoms. The Bertz CT molecular complexity index is 1830. The van der Waals surface area contributed by atoms with Crippen molar-refractivity contribution in [2.75, 3.05) is 5.32 Å². The van der Waals surface area contributed by atoms with Crippen molar-refractivity contribution >= 4 is 29.2 Å². The maximum Gasteiger partial charge on any atom is 0.303 e. The van der Waals surface area contributed by atoms with Crippen LogP contribution in [-0.2, 0) is 16.0 Å². The lowest BCUT2D eigenvalue weighted by Gasteiger charge is -2.15. The molecule has 3 aromatic heterocycles. The highest BCUT2D eigenvalue weighted by Gasteiger charge is 2.28. The van der Waals surface area contributed by atoms with E-state index in [0.29, 0.717) is 35.1 Å². The number of rotatable bonds is 9. The van der Waals surface area contributed by atoms with E-state index in [9.17, 15) is 14.4 Å². The summed E-state index contributed by atoms with van der Waals surface area (Å²) >= 11 is 6.31. The fourth-order valence-corrected chi connectivity index (χ4v) is 5.40. The number of carbonyl (C=O) groups is 2. The SMILES string of the molecule is O=C(O)CCCC(=O)Nc1ccc(-c2cnc([C@@H]3CCc4cc(-c5cc(Cl)ccc5-n5cnnn5)cc(=O)n43)[nH]2)cc1. The monoisotopic (exact) mass is 584 g/mol. The Balaban J connectivity index is 1.21. The number of hydrogen-bond donors (Lipinski definition) is 3. The first kappa shape index (κ1) is 27.1. The molecule has 12 nitrogen and oxygen atoms in total. The van der Waals surface area contributed by atoms with Crippen molar-refractivity contribution in [3.63, 3.8) is 0 Å². The number of tetrazole rings is 1. The summed E-state index contributed by atoms with van der Waals surface area (Å²) in [7, 11) is 0. The second-order valence-corrected chi connectivity index (χ2v) is 10.4. The summed E-state index contributed by atoms with van der Waals surface area (Å²) in [5.41, 5.74) is 5.22. The predicted molar refractivity (Wildman–Crippen MR) is 154 cm³/mol. The number of anilines is 1. The molecule has 0 saturated carbocycles. The Labute approximate surface area is 244 Å². The van der Waals surface area contributed by atoms with E-state index in [1.807, 2.05) is 24.3 Å². The number of aryl methyl sites for hydroxylation is 1. The third-order valence-electron chi connectivity index (χ3n) is 7.18. The van der Waals surface area contributed by atoms with Crippen LogP contribution in [0.25, 0.3) is 28.1 Å². The van der Waals surface area contributed by atoms with E-state index in [1.165, 1.54) is 11.0 Å². The number of halogens is 1. The Morgan fingerprint density at radius 1 is 1.07 bits per heavy atom. The summed E-state index contributed by atoms with van der Waals surface area (Å²) in [6.07, 6.45) is 5.02. The summed E-state index contributed by atoms with van der Waals surface area (Å²) in [6, 6.07) is 16.0. The maximum atomic E-state index is 13.5. The number of fused-ring (bicyclic) bond motifs is 1. The number of aromatic amines is 1. The van der Waals surface area contributed by atoms with Crippen LogP contribution in [0.3, 0.4) is 0 Å². The molecule has 0 radical (unpaired) electrons. The van der Waals surface area contributed by atoms with Crippen LogP contribution in [0.5, 0.6) is 0 Å². The van der Waals surface area contributed by atoms with Crippen molar-refractivity contribution < 1.29 is 14.7 Å². The summed E-state index contributed by atoms with van der Waals surface area (Å²) in [6.45, 7) is 0. The lowest BCUT2D eigenvalue weighted by molar-refractivity contribution is -0.137. The molecule has 212 valence electrons. The van der Waals surface area contributed by atoms with Gasteiger partial charge in [-0.2, -0.15) is 4.68 Å². The number of hydrogen-bond acceptors (Lipinski definition) is 7. The van der Waals surface area contributed by atoms with Crippen LogP contribution in [0, 0.1) is 0 Å². The van der Waals surface area contributed by atoms with Crippen LogP contribution >= 0.6 is 11.6 Å². The zero-order valence-corrected chi connectivity index (χ0v) is 23.0. The quantitative estimate of drug-likeness (QED) is 0.231. The van der Waals surface area contributed by atoms with Crippen LogP contribution in [-0.4, -0.2) is 51.7 Å². The normalized spacial score (nSPS) is 14.1. The topological polar surface area (TPSA) is 161 Å². The van der Waals surface area contributed by atoms with E-state index in [2.05, 4.69) is 30.8 Å². The number of aliphatic carboxylic acids is 1. The smallest absolute Gasteiger partial charge is 0.303 e. The molecule has 0 unspecified atom stereocenters. The highest BCUT2D eigenvalue weighted by Crippen LogP contribution is 2.34. The Morgan fingerprint density at radius 2 is 1.90 bits per heavy atom. The molecular formula is C29H25ClN8O4. The van der Waals surface area contributed by atoms with Gasteiger partial charge in [-0.15, -0.1) is 5.10 Å². The number of benzene rings is 2. The van der Waals surface area contributed by atoms with Gasteiger partial charge in [-0.05, 0) is 77.2 Å². The zero-order valence-electron chi connectivity index (χ0n) is 22.2. The number of nitrogens with zero attached hydrogens (tertiary/aromatic N) is 6. The van der Waals surface area contributed by atoms with Gasteiger partial charge in [-0.25, -0.2) is 4.98 Å². The third-order valence-corrected chi connectivity index (χ3v) is 7.42. The number of carboxylic acid groups (broad SMARTS) is 1. The van der Waals surface area contributed by atoms with Gasteiger partial charge in [0.25, 0.3) is 5.56 Å². The van der Waals surface area contributed by atoms with Crippen molar-refractivity contribution in [2.45, 2.75) is 38.1 Å². The van der Waals surface area contributed by atoms with Crippen LogP contribution in [0.2, 0.25) is 5.02 Å². The highest BCUT2D eigenvalue weighted by atomic mass is 35.5. The first-order valence-corrected chi connectivity index (χ1v) is 13.7. The van der Waals surface area contributed by atoms with Gasteiger partial charge in [0.05, 0.1) is 23.6 Å². The molecule has 1 amide bonds. The van der Waals surface area contributed by atoms with Crippen molar-refractivity contribution in [3.05, 3.63) is 94.0 Å². The van der Waals surface area contributed by atoms with Gasteiger partial charge in [-0.1, -0.05) is 23.7 Å². The molecule has 6 rings (SSSR count). The highest BCUT2D eigenvalue weighted by molar-refractivity contribution is 6.31. The van der Waals surface area contributed by atoms with Gasteiger partial charge in [0, 0.05) is 40.9 Å². The number of imidazole rings is 1. The lowest BCUT2D eigenvalue weighted by Crippen LogP contribution is -2.23. The molecule has 4 heterocycles. The second-order valence-electron chi connectivity index (χ2n) is 9.97. The molecule has 0 aliphatic carbocycles. The zero-order chi connectivity index (χ0) is 29.2. The molecule has 2 aromatic carbocycles. The van der Waals surface area contributed by atoms with Crippen molar-refractivity contribution in [1.82, 2.24) is 34.7 Å². The van der Waals surface area contributed by atoms with E-state index in [-0.39, 0.29) is 36.8 Å². The van der Waals surface area contributed by atoms with Gasteiger partial charge < -0.3 is 20.0 Å². The Hall–Kier alpha value is -5.10. The maximum absolute atomic E-state index is 13.5. The molecule has 13 heteroatoms. The number of nitrogens with one attached hydrogen (secondary N) is 2. The van der Waals surface area contributed by atoms with Crippen molar-refractivity contribution in [3.8, 4) is 28.1 Å². The third kappa shape index (κ3) is 5.56. The summed E-state index contributed by atoms with van der Waals surface area (Å²) in [5, 5.41) is 23.5. The lowest BCUT2D eigenvalue weighted by atomic mass is 10.0. The fourth-order valence-electron chi connectivity index (χ4n) is 5.23. The number of H-pyrrole nitrogens is 1. The van der Waals surface area contributed by atoms with Gasteiger partial charge in [0.1, 0.15) is 12.2 Å². The number of carbonyl (C=O) groups excluding carboxylic acids is 1. The summed E-state index contributed by atoms with van der Waals surface area (Å²) < 4.78 is 3.31. The van der Waals surface area contributed by atoms with Gasteiger partial charge in [0.2, 0.25) is 5.91 Å². The minimum atomic E-state index is -0.921. The Kier molecular flexibility index (Phi) is 7.36. The van der Waals surface area contributed by atoms with E-state index in [4.69, 9.17) is 16.7 Å². The summed E-state index contributed by atoms with van der Waals surface area (Å²) in [5.74, 6) is -0.467. The molecule has 0 fully saturated rings. The van der Waals surface area contributed by atoms with E-state index < -0.39 is 5.97 Å². The second kappa shape index (κ2) is 11.4. The van der Waals surface area contributed by atoms with Crippen LogP contribution in [0.4, 0.5) is 5.69 Å². The van der Waals surface area contributed by atoms with Crippen LogP contribution < -0.4 is 10.9 Å². The van der Waals surface area contributed by atoms with E-state index in [0.717, 1.165) is 28.1 Å². The minimum Gasteiger partial charge on any atom is -0.481 e. The Morgan fingerprint density at radius 3 is 2.67 bits per heavy atom. The molecule has 1 aliphatic heterocycles. The van der Waals surface area contributed by atoms with E-state index >= 15 is 0 Å². The largest absolute Gasteiger partial charge is 0.481 e. The predicted octanol–water partition coefficient (Wildman–Crippen LogP) is 4.26. The van der Waals surface area contributed by atoms with Gasteiger partial charge in [0.15, 0.2) is 0 Å². The molecule has 3 N–H and O–H groups in total. The first-order valence-electron chi connectivity index (χ1n) is 13.3. The van der Waals surface area contributed by atoms with E-state index in [1.54, 1.807) is 41.1 Å². The van der Waals surface area contributed by atoms with Crippen LogP contribution in [0.15, 0.2) is 71.9 Å². The number of aromatic nitrogens is 7. The number of pyridine rings is 1. The van der Waals surface area contributed by atoms with Crippen molar-refractivity contribution in [2.24, 2.45) is 0 Å². The summed E-state index contributed by atoms with van der Waals surface area (Å²) in [4.78, 5) is 44.1. The average Bonchev–Trinajstić information content (AvgIpc) is 3.74.